The first kappa shape index (κ1) is 23.9. The number of nitrogens with one attached hydrogen (secondary N) is 1. The Labute approximate surface area is 195 Å². The van der Waals surface area contributed by atoms with Crippen molar-refractivity contribution in [3.63, 3.8) is 0 Å². The number of carbonyl (C=O) groups is 2. The lowest BCUT2D eigenvalue weighted by Gasteiger charge is -2.33. The topological polar surface area (TPSA) is 46.2 Å². The third-order valence-electron chi connectivity index (χ3n) is 6.46. The van der Waals surface area contributed by atoms with Crippen LogP contribution in [0.15, 0.2) is 17.0 Å². The third-order valence-corrected chi connectivity index (χ3v) is 8.54. The molecule has 30 heavy (non-hydrogen) atoms. The average Bonchev–Trinajstić information content (AvgIpc) is 3.20. The lowest BCUT2D eigenvalue weighted by molar-refractivity contribution is -0.124. The molecule has 0 heterocycles. The van der Waals surface area contributed by atoms with Gasteiger partial charge in [-0.15, -0.1) is 0 Å². The van der Waals surface area contributed by atoms with E-state index < -0.39 is 5.41 Å². The minimum atomic E-state index is -0.494. The Morgan fingerprint density at radius 2 is 1.43 bits per heavy atom. The van der Waals surface area contributed by atoms with Crippen LogP contribution in [0.2, 0.25) is 10.0 Å². The summed E-state index contributed by atoms with van der Waals surface area (Å²) < 4.78 is 0. The summed E-state index contributed by atoms with van der Waals surface area (Å²) in [5.74, 6) is 1.04. The van der Waals surface area contributed by atoms with Crippen LogP contribution in [0.5, 0.6) is 0 Å². The van der Waals surface area contributed by atoms with Crippen LogP contribution in [0, 0.1) is 23.2 Å². The minimum absolute atomic E-state index is 0.0241. The van der Waals surface area contributed by atoms with Gasteiger partial charge in [-0.3, -0.25) is 9.59 Å². The van der Waals surface area contributed by atoms with Gasteiger partial charge in [-0.2, -0.15) is 0 Å². The molecular weight excluding hydrogens is 437 g/mol. The normalized spacial score (nSPS) is 19.6. The second kappa shape index (κ2) is 10.3. The van der Waals surface area contributed by atoms with E-state index in [0.717, 1.165) is 37.4 Å². The van der Waals surface area contributed by atoms with Crippen molar-refractivity contribution in [3.8, 4) is 0 Å². The minimum Gasteiger partial charge on any atom is -0.325 e. The smallest absolute Gasteiger partial charge is 0.228 e. The van der Waals surface area contributed by atoms with E-state index in [2.05, 4.69) is 5.32 Å². The van der Waals surface area contributed by atoms with Gasteiger partial charge in [0, 0.05) is 16.2 Å². The van der Waals surface area contributed by atoms with Gasteiger partial charge in [-0.25, -0.2) is 0 Å². The zero-order valence-corrected chi connectivity index (χ0v) is 20.6. The zero-order chi connectivity index (χ0) is 21.9. The van der Waals surface area contributed by atoms with E-state index >= 15 is 0 Å². The molecule has 2 aliphatic rings. The second-order valence-corrected chi connectivity index (χ2v) is 11.7. The molecule has 0 aromatic heterocycles. The van der Waals surface area contributed by atoms with E-state index in [4.69, 9.17) is 23.2 Å². The lowest BCUT2D eigenvalue weighted by Crippen LogP contribution is -2.35. The predicted molar refractivity (Wildman–Crippen MR) is 127 cm³/mol. The molecule has 0 radical (unpaired) electrons. The Kier molecular flexibility index (Phi) is 8.20. The van der Waals surface area contributed by atoms with Crippen LogP contribution in [0.4, 0.5) is 5.69 Å². The monoisotopic (exact) mass is 469 g/mol. The number of hydrogen-bond donors (Lipinski definition) is 1. The fourth-order valence-corrected chi connectivity index (χ4v) is 6.10. The molecule has 1 amide bonds. The Morgan fingerprint density at radius 3 is 1.97 bits per heavy atom. The van der Waals surface area contributed by atoms with Gasteiger partial charge in [0.25, 0.3) is 0 Å². The highest BCUT2D eigenvalue weighted by Crippen LogP contribution is 2.43. The van der Waals surface area contributed by atoms with Crippen LogP contribution < -0.4 is 5.32 Å². The quantitative estimate of drug-likeness (QED) is 0.444. The number of amides is 1. The maximum Gasteiger partial charge on any atom is 0.228 e. The van der Waals surface area contributed by atoms with E-state index in [1.165, 1.54) is 32.1 Å². The molecule has 0 bridgehead atoms. The second-order valence-electron chi connectivity index (χ2n) is 9.86. The van der Waals surface area contributed by atoms with E-state index in [1.54, 1.807) is 12.1 Å². The van der Waals surface area contributed by atoms with Gasteiger partial charge in [0.15, 0.2) is 5.12 Å². The molecule has 1 unspecified atom stereocenters. The fraction of sp³-hybridized carbons (Fsp3) is 0.667. The largest absolute Gasteiger partial charge is 0.325 e. The summed E-state index contributed by atoms with van der Waals surface area (Å²) in [5.41, 5.74) is 0.0998. The first-order chi connectivity index (χ1) is 14.2. The number of thioether (sulfide) groups is 1. The van der Waals surface area contributed by atoms with Crippen LogP contribution in [0.1, 0.15) is 78.6 Å². The van der Waals surface area contributed by atoms with Crippen molar-refractivity contribution in [2.24, 2.45) is 23.2 Å². The molecule has 0 aliphatic heterocycles. The maximum atomic E-state index is 13.5. The Hall–Kier alpha value is -0.710. The summed E-state index contributed by atoms with van der Waals surface area (Å²) in [6.07, 6.45) is 10.7. The fourth-order valence-electron chi connectivity index (χ4n) is 4.80. The first-order valence-corrected chi connectivity index (χ1v) is 12.8. The van der Waals surface area contributed by atoms with E-state index in [0.29, 0.717) is 32.5 Å². The highest BCUT2D eigenvalue weighted by atomic mass is 35.5. The van der Waals surface area contributed by atoms with E-state index in [1.807, 2.05) is 20.8 Å². The molecule has 3 nitrogen and oxygen atoms in total. The molecule has 1 atom stereocenters. The highest BCUT2D eigenvalue weighted by Gasteiger charge is 2.37. The van der Waals surface area contributed by atoms with Gasteiger partial charge < -0.3 is 5.32 Å². The lowest BCUT2D eigenvalue weighted by atomic mass is 9.73. The van der Waals surface area contributed by atoms with Crippen molar-refractivity contribution in [1.29, 1.82) is 0 Å². The molecule has 2 aliphatic carbocycles. The molecule has 2 saturated carbocycles. The van der Waals surface area contributed by atoms with Crippen LogP contribution in [-0.4, -0.2) is 11.0 Å². The predicted octanol–water partition coefficient (Wildman–Crippen LogP) is 7.98. The standard InChI is InChI=1S/C24H33Cl2NO2S/c1-24(2,3)23(29)30-20-14-18(26)17(25)13-19(20)27-22(28)21(16-11-7-8-12-16)15-9-5-4-6-10-15/h13-16,21H,4-12H2,1-3H3,(H,27,28). The summed E-state index contributed by atoms with van der Waals surface area (Å²) in [5, 5.41) is 3.95. The maximum absolute atomic E-state index is 13.5. The Balaban J connectivity index is 1.85. The Morgan fingerprint density at radius 1 is 0.933 bits per heavy atom. The summed E-state index contributed by atoms with van der Waals surface area (Å²) in [6.45, 7) is 5.66. The molecule has 0 spiro atoms. The first-order valence-electron chi connectivity index (χ1n) is 11.2. The van der Waals surface area contributed by atoms with Gasteiger partial charge in [-0.05, 0) is 61.4 Å². The SMILES string of the molecule is CC(C)(C)C(=O)Sc1cc(Cl)c(Cl)cc1NC(=O)C(C1CCCCC1)C1CCCC1. The molecule has 1 aromatic carbocycles. The molecular formula is C24H33Cl2NO2S. The molecule has 1 N–H and O–H groups in total. The molecule has 166 valence electrons. The molecule has 0 saturated heterocycles. The number of benzene rings is 1. The van der Waals surface area contributed by atoms with Crippen LogP contribution >= 0.6 is 35.0 Å². The summed E-state index contributed by atoms with van der Waals surface area (Å²) in [7, 11) is 0. The van der Waals surface area contributed by atoms with Crippen molar-refractivity contribution in [1.82, 2.24) is 0 Å². The highest BCUT2D eigenvalue weighted by molar-refractivity contribution is 8.13. The van der Waals surface area contributed by atoms with E-state index in [9.17, 15) is 9.59 Å². The Bertz CT molecular complexity index is 778. The van der Waals surface area contributed by atoms with Crippen molar-refractivity contribution in [2.45, 2.75) is 83.5 Å². The number of rotatable bonds is 5. The molecule has 1 aromatic rings. The van der Waals surface area contributed by atoms with Gasteiger partial charge in [0.2, 0.25) is 5.91 Å². The van der Waals surface area contributed by atoms with Crippen LogP contribution in [-0.2, 0) is 9.59 Å². The van der Waals surface area contributed by atoms with Crippen molar-refractivity contribution >= 4 is 51.7 Å². The van der Waals surface area contributed by atoms with Gasteiger partial charge >= 0.3 is 0 Å². The average molecular weight is 471 g/mol. The number of hydrogen-bond acceptors (Lipinski definition) is 3. The number of carbonyl (C=O) groups excluding carboxylic acids is 2. The molecule has 6 heteroatoms. The number of halogens is 2. The van der Waals surface area contributed by atoms with Crippen molar-refractivity contribution in [3.05, 3.63) is 22.2 Å². The van der Waals surface area contributed by atoms with E-state index in [-0.39, 0.29) is 16.9 Å². The van der Waals surface area contributed by atoms with Gasteiger partial charge in [-0.1, -0.05) is 76.1 Å². The zero-order valence-electron chi connectivity index (χ0n) is 18.2. The summed E-state index contributed by atoms with van der Waals surface area (Å²) in [6, 6.07) is 3.38. The molecule has 3 rings (SSSR count). The summed E-state index contributed by atoms with van der Waals surface area (Å²) >= 11 is 13.6. The molecule has 2 fully saturated rings. The van der Waals surface area contributed by atoms with Crippen molar-refractivity contribution in [2.75, 3.05) is 5.32 Å². The van der Waals surface area contributed by atoms with Crippen molar-refractivity contribution < 1.29 is 9.59 Å². The van der Waals surface area contributed by atoms with Gasteiger partial charge in [0.1, 0.15) is 0 Å². The van der Waals surface area contributed by atoms with Crippen LogP contribution in [0.3, 0.4) is 0 Å². The van der Waals surface area contributed by atoms with Gasteiger partial charge in [0.05, 0.1) is 15.7 Å². The third kappa shape index (κ3) is 5.95. The van der Waals surface area contributed by atoms with Crippen LogP contribution in [0.25, 0.3) is 0 Å². The number of anilines is 1. The summed E-state index contributed by atoms with van der Waals surface area (Å²) in [4.78, 5) is 26.8.